The van der Waals surface area contributed by atoms with E-state index in [1.165, 1.54) is 11.1 Å². The van der Waals surface area contributed by atoms with Crippen molar-refractivity contribution in [2.24, 2.45) is 12.0 Å². The van der Waals surface area contributed by atoms with Crippen LogP contribution in [0.5, 0.6) is 0 Å². The molecule has 0 aromatic carbocycles. The fraction of sp³-hybridized carbons (Fsp3) is 0.300. The summed E-state index contributed by atoms with van der Waals surface area (Å²) in [6.07, 6.45) is 3.94. The molecular weight excluding hydrogens is 423 g/mol. The van der Waals surface area contributed by atoms with Gasteiger partial charge in [0.2, 0.25) is 5.96 Å². The van der Waals surface area contributed by atoms with Gasteiger partial charge in [-0.15, -0.1) is 0 Å². The van der Waals surface area contributed by atoms with Crippen molar-refractivity contribution in [2.45, 2.75) is 26.7 Å². The van der Waals surface area contributed by atoms with Gasteiger partial charge in [-0.05, 0) is 30.0 Å². The van der Waals surface area contributed by atoms with Crippen molar-refractivity contribution in [2.75, 3.05) is 12.1 Å². The number of nitriles is 1. The summed E-state index contributed by atoms with van der Waals surface area (Å²) in [5.74, 6) is 1.19. The average molecular weight is 445 g/mol. The second-order valence-electron chi connectivity index (χ2n) is 7.18. The number of anilines is 1. The number of nitrogens with zero attached hydrogens (tertiary/aromatic N) is 6. The zero-order valence-corrected chi connectivity index (χ0v) is 18.8. The van der Waals surface area contributed by atoms with Crippen LogP contribution in [0.4, 0.5) is 11.5 Å². The lowest BCUT2D eigenvalue weighted by Crippen LogP contribution is -2.45. The molecule has 0 saturated carbocycles. The van der Waals surface area contributed by atoms with Crippen LogP contribution >= 0.6 is 23.2 Å². The van der Waals surface area contributed by atoms with Crippen molar-refractivity contribution in [1.82, 2.24) is 25.3 Å². The van der Waals surface area contributed by atoms with E-state index in [-0.39, 0.29) is 16.3 Å². The Morgan fingerprint density at radius 2 is 1.90 bits per heavy atom. The highest BCUT2D eigenvalue weighted by molar-refractivity contribution is 6.32. The molecule has 0 spiro atoms. The van der Waals surface area contributed by atoms with Gasteiger partial charge in [-0.1, -0.05) is 37.0 Å². The first kappa shape index (κ1) is 21.7. The minimum absolute atomic E-state index is 0.189. The molecule has 8 nitrogen and oxygen atoms in total. The number of nitrogens with one attached hydrogen (secondary N) is 2. The number of guanidine groups is 1. The largest absolute Gasteiger partial charge is 0.335 e. The van der Waals surface area contributed by atoms with E-state index in [1.54, 1.807) is 24.2 Å². The Morgan fingerprint density at radius 3 is 2.50 bits per heavy atom. The van der Waals surface area contributed by atoms with E-state index in [2.05, 4.69) is 47.7 Å². The third-order valence-electron chi connectivity index (χ3n) is 4.54. The van der Waals surface area contributed by atoms with Crippen LogP contribution in [0.3, 0.4) is 0 Å². The number of hydrogen-bond acceptors (Lipinski definition) is 5. The molecule has 0 atom stereocenters. The number of halogens is 2. The summed E-state index contributed by atoms with van der Waals surface area (Å²) in [7, 11) is 3.78. The maximum absolute atomic E-state index is 9.12. The summed E-state index contributed by atoms with van der Waals surface area (Å²) in [6.45, 7) is 6.39. The molecule has 0 aliphatic rings. The molecule has 3 rings (SSSR count). The van der Waals surface area contributed by atoms with Gasteiger partial charge in [0.1, 0.15) is 21.8 Å². The Labute approximate surface area is 185 Å². The summed E-state index contributed by atoms with van der Waals surface area (Å²) in [4.78, 5) is 13.1. The first-order chi connectivity index (χ1) is 14.2. The number of aliphatic imine (C=N–C) groups is 1. The van der Waals surface area contributed by atoms with Gasteiger partial charge < -0.3 is 4.57 Å². The molecular formula is C20H22Cl2N8. The molecule has 3 aromatic rings. The van der Waals surface area contributed by atoms with Crippen LogP contribution in [0.15, 0.2) is 29.4 Å². The lowest BCUT2D eigenvalue weighted by molar-refractivity contribution is 0.821. The van der Waals surface area contributed by atoms with Crippen LogP contribution in [-0.4, -0.2) is 27.5 Å². The Hall–Kier alpha value is -3.02. The van der Waals surface area contributed by atoms with Crippen LogP contribution in [0, 0.1) is 18.4 Å². The Kier molecular flexibility index (Phi) is 6.34. The zero-order chi connectivity index (χ0) is 22.0. The van der Waals surface area contributed by atoms with Crippen LogP contribution < -0.4 is 15.8 Å². The fourth-order valence-electron chi connectivity index (χ4n) is 3.24. The van der Waals surface area contributed by atoms with Crippen LogP contribution in [-0.2, 0) is 7.05 Å². The van der Waals surface area contributed by atoms with Gasteiger partial charge in [-0.3, -0.25) is 15.8 Å². The maximum Gasteiger partial charge on any atom is 0.229 e. The number of pyridine rings is 2. The predicted molar refractivity (Wildman–Crippen MR) is 121 cm³/mol. The molecule has 30 heavy (non-hydrogen) atoms. The van der Waals surface area contributed by atoms with Gasteiger partial charge in [0.15, 0.2) is 6.19 Å². The van der Waals surface area contributed by atoms with Gasteiger partial charge in [-0.25, -0.2) is 15.0 Å². The quantitative estimate of drug-likeness (QED) is 0.154. The van der Waals surface area contributed by atoms with Gasteiger partial charge >= 0.3 is 0 Å². The molecule has 0 radical (unpaired) electrons. The molecule has 3 aromatic heterocycles. The molecule has 0 aliphatic carbocycles. The number of hydrazine groups is 1. The lowest BCUT2D eigenvalue weighted by atomic mass is 9.99. The number of fused-ring (bicyclic) bond motifs is 1. The summed E-state index contributed by atoms with van der Waals surface area (Å²) in [6, 6.07) is 5.13. The van der Waals surface area contributed by atoms with Crippen molar-refractivity contribution in [1.29, 1.82) is 5.26 Å². The molecule has 3 heterocycles. The molecule has 0 saturated heterocycles. The SMILES string of the molecule is Cc1cn(C)c2nc(N(C)NC(=Nc3cc(Cl)nc(Cl)c3)NC#N)cc(C(C)C)c12. The molecule has 10 heteroatoms. The topological polar surface area (TPSA) is 94.2 Å². The average Bonchev–Trinajstić information content (AvgIpc) is 2.94. The molecule has 0 amide bonds. The van der Waals surface area contributed by atoms with Gasteiger partial charge in [0, 0.05) is 37.8 Å². The number of hydrogen-bond donors (Lipinski definition) is 2. The zero-order valence-electron chi connectivity index (χ0n) is 17.3. The standard InChI is InChI=1S/C20H22Cl2N8/c1-11(2)14-8-17(27-19-18(14)12(3)9-29(19)4)30(5)28-20(24-10-23)25-13-6-15(21)26-16(22)7-13/h6-9,11H,1-5H3,(H2,24,25,26,28). The molecule has 0 unspecified atom stereocenters. The summed E-state index contributed by atoms with van der Waals surface area (Å²) >= 11 is 11.9. The second kappa shape index (κ2) is 8.78. The van der Waals surface area contributed by atoms with Crippen LogP contribution in [0.1, 0.15) is 30.9 Å². The minimum atomic E-state index is 0.189. The monoisotopic (exact) mass is 444 g/mol. The van der Waals surface area contributed by atoms with E-state index in [0.29, 0.717) is 17.4 Å². The van der Waals surface area contributed by atoms with Crippen molar-refractivity contribution < 1.29 is 0 Å². The summed E-state index contributed by atoms with van der Waals surface area (Å²) in [5.41, 5.74) is 6.77. The smallest absolute Gasteiger partial charge is 0.229 e. The highest BCUT2D eigenvalue weighted by Gasteiger charge is 2.17. The second-order valence-corrected chi connectivity index (χ2v) is 7.96. The van der Waals surface area contributed by atoms with Crippen LogP contribution in [0.2, 0.25) is 10.3 Å². The Bertz CT molecular complexity index is 1140. The molecule has 0 bridgehead atoms. The van der Waals surface area contributed by atoms with Crippen molar-refractivity contribution in [3.05, 3.63) is 45.8 Å². The van der Waals surface area contributed by atoms with Crippen LogP contribution in [0.25, 0.3) is 11.0 Å². The highest BCUT2D eigenvalue weighted by Crippen LogP contribution is 2.31. The minimum Gasteiger partial charge on any atom is -0.335 e. The van der Waals surface area contributed by atoms with E-state index < -0.39 is 0 Å². The number of aryl methyl sites for hydroxylation is 2. The molecule has 0 aliphatic heterocycles. The molecule has 156 valence electrons. The third kappa shape index (κ3) is 4.58. The fourth-order valence-corrected chi connectivity index (χ4v) is 3.68. The summed E-state index contributed by atoms with van der Waals surface area (Å²) < 4.78 is 2.01. The van der Waals surface area contributed by atoms with E-state index in [1.807, 2.05) is 23.9 Å². The van der Waals surface area contributed by atoms with Gasteiger partial charge in [0.05, 0.1) is 5.69 Å². The predicted octanol–water partition coefficient (Wildman–Crippen LogP) is 4.41. The number of rotatable bonds is 4. The Morgan fingerprint density at radius 1 is 1.23 bits per heavy atom. The van der Waals surface area contributed by atoms with Gasteiger partial charge in [0.25, 0.3) is 0 Å². The summed E-state index contributed by atoms with van der Waals surface area (Å²) in [5, 5.41) is 14.9. The highest BCUT2D eigenvalue weighted by atomic mass is 35.5. The molecule has 0 fully saturated rings. The normalized spacial score (nSPS) is 11.6. The maximum atomic E-state index is 9.12. The first-order valence-corrected chi connectivity index (χ1v) is 9.99. The van der Waals surface area contributed by atoms with Crippen molar-refractivity contribution >= 4 is 51.7 Å². The van der Waals surface area contributed by atoms with E-state index in [4.69, 9.17) is 33.4 Å². The number of aromatic nitrogens is 3. The third-order valence-corrected chi connectivity index (χ3v) is 4.92. The lowest BCUT2D eigenvalue weighted by Gasteiger charge is -2.22. The van der Waals surface area contributed by atoms with Gasteiger partial charge in [-0.2, -0.15) is 5.26 Å². The first-order valence-electron chi connectivity index (χ1n) is 9.23. The Balaban J connectivity index is 1.99. The van der Waals surface area contributed by atoms with E-state index in [9.17, 15) is 0 Å². The van der Waals surface area contributed by atoms with E-state index >= 15 is 0 Å². The molecule has 2 N–H and O–H groups in total. The van der Waals surface area contributed by atoms with Crippen molar-refractivity contribution in [3.63, 3.8) is 0 Å². The van der Waals surface area contributed by atoms with E-state index in [0.717, 1.165) is 11.0 Å². The van der Waals surface area contributed by atoms with Crippen molar-refractivity contribution in [3.8, 4) is 6.19 Å².